The summed E-state index contributed by atoms with van der Waals surface area (Å²) in [4.78, 5) is 0. The molecule has 8 aromatic carbocycles. The first-order valence-electron chi connectivity index (χ1n) is 20.3. The van der Waals surface area contributed by atoms with Crippen LogP contribution in [0.2, 0.25) is 0 Å². The van der Waals surface area contributed by atoms with Crippen LogP contribution in [0.1, 0.15) is 52.1 Å². The molecular formula is C50H34SSi. The number of hydrogen-bond acceptors (Lipinski definition) is 1. The summed E-state index contributed by atoms with van der Waals surface area (Å²) in [6.07, 6.45) is 0. The first kappa shape index (κ1) is 25.2. The monoisotopic (exact) mass is 699 g/mol. The Balaban J connectivity index is 1.27. The van der Waals surface area contributed by atoms with Crippen molar-refractivity contribution in [2.45, 2.75) is 11.8 Å². The topological polar surface area (TPSA) is 0 Å². The van der Waals surface area contributed by atoms with Gasteiger partial charge in [0.1, 0.15) is 0 Å². The Morgan fingerprint density at radius 3 is 1.79 bits per heavy atom. The van der Waals surface area contributed by atoms with E-state index in [2.05, 4.69) is 127 Å². The number of benzene rings is 8. The number of thiophene rings is 1. The molecule has 12 rings (SSSR count). The van der Waals surface area contributed by atoms with Crippen molar-refractivity contribution in [1.29, 1.82) is 0 Å². The first-order chi connectivity index (χ1) is 27.9. The van der Waals surface area contributed by atoms with Gasteiger partial charge in [0.15, 0.2) is 8.07 Å². The first-order valence-corrected chi connectivity index (χ1v) is 20.7. The van der Waals surface area contributed by atoms with Crippen molar-refractivity contribution in [2.24, 2.45) is 0 Å². The van der Waals surface area contributed by atoms with Crippen LogP contribution in [0.5, 0.6) is 0 Å². The van der Waals surface area contributed by atoms with Gasteiger partial charge in [0.2, 0.25) is 0 Å². The summed E-state index contributed by atoms with van der Waals surface area (Å²) in [6, 6.07) is 57.0. The fourth-order valence-electron chi connectivity index (χ4n) is 9.50. The Bertz CT molecular complexity index is 3030. The van der Waals surface area contributed by atoms with Gasteiger partial charge in [0.25, 0.3) is 0 Å². The van der Waals surface area contributed by atoms with Gasteiger partial charge in [-0.3, -0.25) is 0 Å². The maximum absolute atomic E-state index is 9.64. The normalized spacial score (nSPS) is 17.0. The van der Waals surface area contributed by atoms with Crippen LogP contribution in [0.3, 0.4) is 0 Å². The van der Waals surface area contributed by atoms with E-state index in [0.717, 1.165) is 15.6 Å². The highest BCUT2D eigenvalue weighted by Gasteiger charge is 2.49. The Hall–Kier alpha value is -5.80. The third-order valence-electron chi connectivity index (χ3n) is 11.5. The molecule has 3 aliphatic carbocycles. The number of fused-ring (bicyclic) bond motifs is 3. The second-order valence-electron chi connectivity index (χ2n) is 13.9. The van der Waals surface area contributed by atoms with E-state index in [1.807, 2.05) is 47.7 Å². The zero-order valence-corrected chi connectivity index (χ0v) is 30.0. The van der Waals surface area contributed by atoms with Gasteiger partial charge >= 0.3 is 0 Å². The van der Waals surface area contributed by atoms with Gasteiger partial charge in [-0.25, -0.2) is 0 Å². The third-order valence-corrected chi connectivity index (χ3v) is 17.3. The molecule has 1 heterocycles. The molecule has 3 aliphatic rings. The molecular weight excluding hydrogens is 661 g/mol. The van der Waals surface area contributed by atoms with Gasteiger partial charge in [-0.05, 0) is 83.5 Å². The van der Waals surface area contributed by atoms with E-state index in [1.165, 1.54) is 64.7 Å². The molecule has 1 aromatic heterocycles. The summed E-state index contributed by atoms with van der Waals surface area (Å²) >= 11 is 1.83. The molecule has 0 amide bonds. The lowest BCUT2D eigenvalue weighted by Gasteiger charge is -2.47. The Morgan fingerprint density at radius 1 is 0.442 bits per heavy atom. The molecule has 2 atom stereocenters. The minimum absolute atomic E-state index is 0.0416. The Morgan fingerprint density at radius 2 is 1.04 bits per heavy atom. The van der Waals surface area contributed by atoms with Gasteiger partial charge in [-0.1, -0.05) is 176 Å². The predicted octanol–water partition coefficient (Wildman–Crippen LogP) is 10.1. The number of hydrogen-bond donors (Lipinski definition) is 0. The smallest absolute Gasteiger partial charge is 0.135 e. The van der Waals surface area contributed by atoms with E-state index in [1.54, 1.807) is 0 Å². The van der Waals surface area contributed by atoms with E-state index in [0.29, 0.717) is 5.19 Å². The summed E-state index contributed by atoms with van der Waals surface area (Å²) in [5.41, 5.74) is 9.91. The fourth-order valence-corrected chi connectivity index (χ4v) is 15.3. The lowest BCUT2D eigenvalue weighted by molar-refractivity contribution is 0.760. The highest BCUT2D eigenvalue weighted by atomic mass is 32.1. The van der Waals surface area contributed by atoms with Crippen LogP contribution in [-0.2, 0) is 0 Å². The van der Waals surface area contributed by atoms with Crippen molar-refractivity contribution in [1.82, 2.24) is 0 Å². The van der Waals surface area contributed by atoms with Crippen LogP contribution >= 0.6 is 11.3 Å². The lowest BCUT2D eigenvalue weighted by Crippen LogP contribution is -2.75. The van der Waals surface area contributed by atoms with Crippen LogP contribution in [0, 0.1) is 0 Å². The minimum atomic E-state index is -3.69. The Kier molecular flexibility index (Phi) is 5.63. The number of rotatable bonds is 5. The second kappa shape index (κ2) is 11.6. The zero-order chi connectivity index (χ0) is 38.6. The molecule has 2 bridgehead atoms. The van der Waals surface area contributed by atoms with E-state index in [-0.39, 0.29) is 42.0 Å². The van der Waals surface area contributed by atoms with Crippen LogP contribution in [0.25, 0.3) is 31.3 Å². The lowest BCUT2D eigenvalue weighted by atomic mass is 9.60. The third kappa shape index (κ3) is 4.14. The summed E-state index contributed by atoms with van der Waals surface area (Å²) in [6.45, 7) is 0. The van der Waals surface area contributed by atoms with Crippen molar-refractivity contribution < 1.29 is 6.85 Å². The summed E-state index contributed by atoms with van der Waals surface area (Å²) in [7, 11) is -3.69. The van der Waals surface area contributed by atoms with Crippen molar-refractivity contribution in [3.05, 3.63) is 227 Å². The molecule has 9 aromatic rings. The van der Waals surface area contributed by atoms with Crippen molar-refractivity contribution >= 4 is 60.3 Å². The van der Waals surface area contributed by atoms with Crippen molar-refractivity contribution in [3.8, 4) is 11.1 Å². The van der Waals surface area contributed by atoms with Crippen molar-refractivity contribution in [3.63, 3.8) is 0 Å². The molecule has 0 aliphatic heterocycles. The minimum Gasteiger partial charge on any atom is -0.135 e. The summed E-state index contributed by atoms with van der Waals surface area (Å²) in [5.74, 6) is -0.206. The van der Waals surface area contributed by atoms with Crippen LogP contribution in [0.4, 0.5) is 0 Å². The molecule has 244 valence electrons. The molecule has 0 radical (unpaired) electrons. The molecule has 52 heavy (non-hydrogen) atoms. The predicted molar refractivity (Wildman–Crippen MR) is 223 cm³/mol. The molecule has 2 heteroatoms. The molecule has 2 unspecified atom stereocenters. The molecule has 0 fully saturated rings. The standard InChI is InChI=1S/C50H34SSi/c1-4-16-34(17-5-1)52(35-18-6-2-7-19-35,36-20-8-3-9-21-36)46-29-15-27-42-47-39-23-10-11-24-40(39)50(49(42)46)48-37(25-14-26-41(47)48)33-30-31-45-43(32-33)38-22-12-13-28-44(38)51-45/h1-32,47,50H/i1D,4D,5D,16D,17D. The molecule has 0 spiro atoms. The average molecular weight is 700 g/mol. The molecule has 0 saturated heterocycles. The van der Waals surface area contributed by atoms with Crippen LogP contribution < -0.4 is 20.7 Å². The van der Waals surface area contributed by atoms with E-state index < -0.39 is 8.07 Å². The summed E-state index contributed by atoms with van der Waals surface area (Å²) < 4.78 is 48.5. The van der Waals surface area contributed by atoms with Crippen molar-refractivity contribution in [2.75, 3.05) is 0 Å². The largest absolute Gasteiger partial charge is 0.179 e. The van der Waals surface area contributed by atoms with Gasteiger partial charge in [0.05, 0.1) is 6.85 Å². The average Bonchev–Trinajstić information content (AvgIpc) is 3.64. The molecule has 0 N–H and O–H groups in total. The SMILES string of the molecule is [2H]c1c([2H])c([2H])c([Si](c2ccccc2)(c2ccccc2)c2cccc3c2C2c4ccccc4C3c3cccc(-c4ccc5sc6ccccc6c5c4)c32)c([2H])c1[2H]. The zero-order valence-electron chi connectivity index (χ0n) is 33.2. The van der Waals surface area contributed by atoms with E-state index in [4.69, 9.17) is 4.11 Å². The molecule has 0 nitrogen and oxygen atoms in total. The Labute approximate surface area is 316 Å². The van der Waals surface area contributed by atoms with Crippen LogP contribution in [-0.4, -0.2) is 8.07 Å². The maximum Gasteiger partial charge on any atom is 0.179 e. The van der Waals surface area contributed by atoms with E-state index >= 15 is 0 Å². The highest BCUT2D eigenvalue weighted by molar-refractivity contribution is 7.25. The second-order valence-corrected chi connectivity index (χ2v) is 18.7. The molecule has 0 saturated carbocycles. The van der Waals surface area contributed by atoms with Gasteiger partial charge in [0, 0.05) is 32.0 Å². The van der Waals surface area contributed by atoms with Gasteiger partial charge in [-0.2, -0.15) is 0 Å². The fraction of sp³-hybridized carbons (Fsp3) is 0.0400. The van der Waals surface area contributed by atoms with E-state index in [9.17, 15) is 2.74 Å². The van der Waals surface area contributed by atoms with Gasteiger partial charge in [-0.15, -0.1) is 11.3 Å². The quantitative estimate of drug-likeness (QED) is 0.124. The highest BCUT2D eigenvalue weighted by Crippen LogP contribution is 2.57. The summed E-state index contributed by atoms with van der Waals surface area (Å²) in [5, 5.41) is 5.91. The van der Waals surface area contributed by atoms with Gasteiger partial charge < -0.3 is 0 Å². The van der Waals surface area contributed by atoms with Crippen LogP contribution in [0.15, 0.2) is 194 Å². The maximum atomic E-state index is 9.64.